The molecule has 5 heteroatoms. The van der Waals surface area contributed by atoms with E-state index in [-0.39, 0.29) is 29.2 Å². The zero-order valence-electron chi connectivity index (χ0n) is 12.2. The van der Waals surface area contributed by atoms with Crippen LogP contribution in [-0.4, -0.2) is 48.9 Å². The predicted octanol–water partition coefficient (Wildman–Crippen LogP) is 0.359. The number of nitrogens with one attached hydrogen (secondary N) is 2. The molecule has 0 saturated carbocycles. The molecule has 0 aromatic rings. The van der Waals surface area contributed by atoms with Crippen LogP contribution in [-0.2, 0) is 9.59 Å². The topological polar surface area (TPSA) is 61.4 Å². The Bertz CT molecular complexity index is 362. The number of carbonyl (C=O) groups is 2. The summed E-state index contributed by atoms with van der Waals surface area (Å²) >= 11 is 0. The minimum atomic E-state index is -0.328. The first-order chi connectivity index (χ1) is 9.03. The fourth-order valence-corrected chi connectivity index (χ4v) is 3.28. The maximum absolute atomic E-state index is 13.0. The smallest absolute Gasteiger partial charge is 0.242 e. The molecule has 0 spiro atoms. The third-order valence-corrected chi connectivity index (χ3v) is 4.70. The van der Waals surface area contributed by atoms with Crippen molar-refractivity contribution in [3.05, 3.63) is 0 Å². The standard InChI is InChI=1S/C14H25N3O2/c1-4-11-12(18)16-7-8-17(11)13(19)14(10(2)3)5-6-15-9-14/h10-11,15H,4-9H2,1-3H3,(H,16,18). The molecule has 0 bridgehead atoms. The molecule has 2 fully saturated rings. The van der Waals surface area contributed by atoms with Crippen LogP contribution in [0.25, 0.3) is 0 Å². The summed E-state index contributed by atoms with van der Waals surface area (Å²) in [6.45, 7) is 9.01. The van der Waals surface area contributed by atoms with Gasteiger partial charge in [0.1, 0.15) is 6.04 Å². The summed E-state index contributed by atoms with van der Waals surface area (Å²) in [7, 11) is 0. The quantitative estimate of drug-likeness (QED) is 0.776. The van der Waals surface area contributed by atoms with Crippen LogP contribution < -0.4 is 10.6 Å². The minimum absolute atomic E-state index is 0.00744. The first-order valence-corrected chi connectivity index (χ1v) is 7.32. The van der Waals surface area contributed by atoms with Gasteiger partial charge >= 0.3 is 0 Å². The molecule has 2 atom stereocenters. The van der Waals surface area contributed by atoms with E-state index in [0.717, 1.165) is 19.5 Å². The number of amides is 2. The minimum Gasteiger partial charge on any atom is -0.353 e. The molecular weight excluding hydrogens is 242 g/mol. The summed E-state index contributed by atoms with van der Waals surface area (Å²) in [6, 6.07) is -0.294. The molecular formula is C14H25N3O2. The van der Waals surface area contributed by atoms with Crippen LogP contribution in [0.15, 0.2) is 0 Å². The van der Waals surface area contributed by atoms with Crippen molar-refractivity contribution in [2.45, 2.75) is 39.7 Å². The van der Waals surface area contributed by atoms with Gasteiger partial charge in [-0.25, -0.2) is 0 Å². The van der Waals surface area contributed by atoms with Crippen LogP contribution in [0.2, 0.25) is 0 Å². The Morgan fingerprint density at radius 3 is 2.74 bits per heavy atom. The highest BCUT2D eigenvalue weighted by Crippen LogP contribution is 2.37. The predicted molar refractivity (Wildman–Crippen MR) is 73.6 cm³/mol. The van der Waals surface area contributed by atoms with E-state index in [1.807, 2.05) is 11.8 Å². The lowest BCUT2D eigenvalue weighted by atomic mass is 9.74. The molecule has 2 N–H and O–H groups in total. The normalized spacial score (nSPS) is 31.7. The van der Waals surface area contributed by atoms with E-state index in [1.165, 1.54) is 0 Å². The fourth-order valence-electron chi connectivity index (χ4n) is 3.28. The Hall–Kier alpha value is -1.10. The molecule has 2 unspecified atom stereocenters. The van der Waals surface area contributed by atoms with Crippen molar-refractivity contribution in [3.8, 4) is 0 Å². The molecule has 0 aliphatic carbocycles. The number of piperazine rings is 1. The van der Waals surface area contributed by atoms with E-state index < -0.39 is 0 Å². The zero-order valence-corrected chi connectivity index (χ0v) is 12.2. The molecule has 2 amide bonds. The van der Waals surface area contributed by atoms with Gasteiger partial charge in [0.05, 0.1) is 5.41 Å². The lowest BCUT2D eigenvalue weighted by Crippen LogP contribution is -2.61. The van der Waals surface area contributed by atoms with Crippen molar-refractivity contribution in [2.24, 2.45) is 11.3 Å². The molecule has 2 aliphatic rings. The largest absolute Gasteiger partial charge is 0.353 e. The van der Waals surface area contributed by atoms with Crippen LogP contribution in [0.5, 0.6) is 0 Å². The van der Waals surface area contributed by atoms with Gasteiger partial charge in [-0.15, -0.1) is 0 Å². The Labute approximate surface area is 115 Å². The summed E-state index contributed by atoms with van der Waals surface area (Å²) in [6.07, 6.45) is 1.55. The SMILES string of the molecule is CCC1C(=O)NCCN1C(=O)C1(C(C)C)CCNC1. The van der Waals surface area contributed by atoms with Gasteiger partial charge in [0.15, 0.2) is 0 Å². The summed E-state index contributed by atoms with van der Waals surface area (Å²) in [5.74, 6) is 0.443. The van der Waals surface area contributed by atoms with E-state index in [2.05, 4.69) is 24.5 Å². The Kier molecular flexibility index (Phi) is 4.13. The first kappa shape index (κ1) is 14.3. The Morgan fingerprint density at radius 2 is 2.21 bits per heavy atom. The molecule has 2 rings (SSSR count). The van der Waals surface area contributed by atoms with Crippen LogP contribution in [0.3, 0.4) is 0 Å². The van der Waals surface area contributed by atoms with Gasteiger partial charge in [0.25, 0.3) is 0 Å². The van der Waals surface area contributed by atoms with E-state index in [1.54, 1.807) is 0 Å². The summed E-state index contributed by atoms with van der Waals surface area (Å²) in [5, 5.41) is 6.16. The third kappa shape index (κ3) is 2.36. The van der Waals surface area contributed by atoms with Gasteiger partial charge in [0, 0.05) is 19.6 Å². The maximum atomic E-state index is 13.0. The Morgan fingerprint density at radius 1 is 1.47 bits per heavy atom. The molecule has 19 heavy (non-hydrogen) atoms. The first-order valence-electron chi connectivity index (χ1n) is 7.32. The highest BCUT2D eigenvalue weighted by molar-refractivity contribution is 5.91. The summed E-state index contributed by atoms with van der Waals surface area (Å²) < 4.78 is 0. The summed E-state index contributed by atoms with van der Waals surface area (Å²) in [5.41, 5.74) is -0.328. The zero-order chi connectivity index (χ0) is 14.0. The van der Waals surface area contributed by atoms with E-state index in [0.29, 0.717) is 19.5 Å². The molecule has 2 aliphatic heterocycles. The van der Waals surface area contributed by atoms with Crippen LogP contribution in [0.4, 0.5) is 0 Å². The monoisotopic (exact) mass is 267 g/mol. The average molecular weight is 267 g/mol. The van der Waals surface area contributed by atoms with Gasteiger partial charge in [-0.05, 0) is 25.3 Å². The molecule has 108 valence electrons. The van der Waals surface area contributed by atoms with E-state index in [4.69, 9.17) is 0 Å². The highest BCUT2D eigenvalue weighted by atomic mass is 16.2. The number of hydrogen-bond acceptors (Lipinski definition) is 3. The Balaban J connectivity index is 2.23. The second kappa shape index (κ2) is 5.49. The van der Waals surface area contributed by atoms with Crippen LogP contribution in [0.1, 0.15) is 33.6 Å². The number of hydrogen-bond donors (Lipinski definition) is 2. The number of rotatable bonds is 3. The van der Waals surface area contributed by atoms with Gasteiger partial charge in [-0.3, -0.25) is 9.59 Å². The fraction of sp³-hybridized carbons (Fsp3) is 0.857. The molecule has 2 heterocycles. The van der Waals surface area contributed by atoms with Crippen molar-refractivity contribution < 1.29 is 9.59 Å². The number of carbonyl (C=O) groups excluding carboxylic acids is 2. The molecule has 5 nitrogen and oxygen atoms in total. The molecule has 0 radical (unpaired) electrons. The second-order valence-corrected chi connectivity index (χ2v) is 5.95. The number of nitrogens with zero attached hydrogens (tertiary/aromatic N) is 1. The highest BCUT2D eigenvalue weighted by Gasteiger charge is 2.48. The van der Waals surface area contributed by atoms with Gasteiger partial charge in [-0.1, -0.05) is 20.8 Å². The van der Waals surface area contributed by atoms with Crippen LogP contribution >= 0.6 is 0 Å². The van der Waals surface area contributed by atoms with Crippen molar-refractivity contribution in [1.82, 2.24) is 15.5 Å². The lowest BCUT2D eigenvalue weighted by Gasteiger charge is -2.42. The maximum Gasteiger partial charge on any atom is 0.242 e. The van der Waals surface area contributed by atoms with Gasteiger partial charge in [0.2, 0.25) is 11.8 Å². The van der Waals surface area contributed by atoms with Crippen LogP contribution in [0, 0.1) is 11.3 Å². The lowest BCUT2D eigenvalue weighted by molar-refractivity contribution is -0.152. The van der Waals surface area contributed by atoms with Crippen molar-refractivity contribution >= 4 is 11.8 Å². The van der Waals surface area contributed by atoms with E-state index >= 15 is 0 Å². The average Bonchev–Trinajstić information content (AvgIpc) is 2.88. The molecule has 2 saturated heterocycles. The van der Waals surface area contributed by atoms with E-state index in [9.17, 15) is 9.59 Å². The molecule has 0 aromatic carbocycles. The van der Waals surface area contributed by atoms with Gasteiger partial charge < -0.3 is 15.5 Å². The van der Waals surface area contributed by atoms with Crippen molar-refractivity contribution in [2.75, 3.05) is 26.2 Å². The molecule has 0 aromatic heterocycles. The van der Waals surface area contributed by atoms with Crippen molar-refractivity contribution in [3.63, 3.8) is 0 Å². The van der Waals surface area contributed by atoms with Gasteiger partial charge in [-0.2, -0.15) is 0 Å². The second-order valence-electron chi connectivity index (χ2n) is 5.95. The third-order valence-electron chi connectivity index (χ3n) is 4.70. The van der Waals surface area contributed by atoms with Crippen molar-refractivity contribution in [1.29, 1.82) is 0 Å². The summed E-state index contributed by atoms with van der Waals surface area (Å²) in [4.78, 5) is 26.7.